The van der Waals surface area contributed by atoms with Crippen molar-refractivity contribution in [3.8, 4) is 0 Å². The van der Waals surface area contributed by atoms with Gasteiger partial charge in [0.25, 0.3) is 0 Å². The average Bonchev–Trinajstić information content (AvgIpc) is 2.15. The van der Waals surface area contributed by atoms with Crippen LogP contribution in [-0.2, 0) is 4.79 Å². The number of carbonyl (C=O) groups excluding carboxylic acids is 1. The minimum atomic E-state index is -5.14. The number of halogens is 4. The lowest BCUT2D eigenvalue weighted by molar-refractivity contribution is -0.167. The first kappa shape index (κ1) is 12.9. The standard InChI is InChI=1S/C8H4F4N2O3/c9-5-3(6(15)16)1-2-4(13-5)14-7(17)8(10,11)12/h1-2H,(H,15,16)(H,13,14,17). The predicted octanol–water partition coefficient (Wildman–Crippen LogP) is 1.42. The molecule has 1 amide bonds. The Hall–Kier alpha value is -2.19. The topological polar surface area (TPSA) is 79.3 Å². The Bertz CT molecular complexity index is 472. The predicted molar refractivity (Wildman–Crippen MR) is 45.8 cm³/mol. The third-order valence-corrected chi connectivity index (χ3v) is 1.58. The molecule has 0 bridgehead atoms. The Morgan fingerprint density at radius 3 is 2.29 bits per heavy atom. The summed E-state index contributed by atoms with van der Waals surface area (Å²) in [7, 11) is 0. The van der Waals surface area contributed by atoms with E-state index in [0.29, 0.717) is 6.07 Å². The first-order valence-corrected chi connectivity index (χ1v) is 4.00. The largest absolute Gasteiger partial charge is 0.478 e. The van der Waals surface area contributed by atoms with Crippen molar-refractivity contribution in [1.82, 2.24) is 4.98 Å². The molecule has 92 valence electrons. The molecule has 2 N–H and O–H groups in total. The summed E-state index contributed by atoms with van der Waals surface area (Å²) in [5.41, 5.74) is -0.810. The van der Waals surface area contributed by atoms with Crippen molar-refractivity contribution < 1.29 is 32.3 Å². The number of anilines is 1. The molecule has 0 unspecified atom stereocenters. The molecule has 0 aromatic carbocycles. The lowest BCUT2D eigenvalue weighted by Crippen LogP contribution is -2.30. The van der Waals surface area contributed by atoms with Gasteiger partial charge in [-0.3, -0.25) is 4.79 Å². The number of aromatic carboxylic acids is 1. The minimum absolute atomic E-state index is 0.691. The van der Waals surface area contributed by atoms with Crippen LogP contribution >= 0.6 is 0 Å². The number of nitrogens with one attached hydrogen (secondary N) is 1. The maximum atomic E-state index is 12.9. The number of carboxylic acids is 1. The molecule has 0 spiro atoms. The first-order valence-electron chi connectivity index (χ1n) is 4.00. The van der Waals surface area contributed by atoms with Crippen LogP contribution < -0.4 is 5.32 Å². The zero-order valence-corrected chi connectivity index (χ0v) is 7.88. The molecule has 1 aromatic rings. The summed E-state index contributed by atoms with van der Waals surface area (Å²) in [6, 6.07) is 1.44. The molecule has 0 aliphatic heterocycles. The SMILES string of the molecule is O=C(O)c1ccc(NC(=O)C(F)(F)F)nc1F. The Morgan fingerprint density at radius 2 is 1.88 bits per heavy atom. The van der Waals surface area contributed by atoms with Crippen molar-refractivity contribution in [3.63, 3.8) is 0 Å². The molecule has 0 saturated heterocycles. The van der Waals surface area contributed by atoms with Gasteiger partial charge in [-0.1, -0.05) is 0 Å². The van der Waals surface area contributed by atoms with E-state index in [0.717, 1.165) is 6.07 Å². The van der Waals surface area contributed by atoms with Crippen LogP contribution in [0.2, 0.25) is 0 Å². The van der Waals surface area contributed by atoms with Gasteiger partial charge in [0, 0.05) is 0 Å². The first-order chi connectivity index (χ1) is 7.71. The maximum absolute atomic E-state index is 12.9. The molecular formula is C8H4F4N2O3. The lowest BCUT2D eigenvalue weighted by atomic mass is 10.3. The molecular weight excluding hydrogens is 248 g/mol. The van der Waals surface area contributed by atoms with Gasteiger partial charge in [-0.25, -0.2) is 9.78 Å². The van der Waals surface area contributed by atoms with Crippen molar-refractivity contribution in [1.29, 1.82) is 0 Å². The summed E-state index contributed by atoms with van der Waals surface area (Å²) in [6.45, 7) is 0. The zero-order valence-electron chi connectivity index (χ0n) is 7.88. The van der Waals surface area contributed by atoms with E-state index in [-0.39, 0.29) is 0 Å². The van der Waals surface area contributed by atoms with Crippen LogP contribution in [0.3, 0.4) is 0 Å². The number of alkyl halides is 3. The van der Waals surface area contributed by atoms with E-state index in [2.05, 4.69) is 4.98 Å². The smallest absolute Gasteiger partial charge is 0.471 e. The summed E-state index contributed by atoms with van der Waals surface area (Å²) >= 11 is 0. The summed E-state index contributed by atoms with van der Waals surface area (Å²) in [5.74, 6) is -6.16. The van der Waals surface area contributed by atoms with Crippen LogP contribution in [0.4, 0.5) is 23.4 Å². The van der Waals surface area contributed by atoms with Gasteiger partial charge in [0.05, 0.1) is 0 Å². The van der Waals surface area contributed by atoms with Gasteiger partial charge in [0.2, 0.25) is 5.95 Å². The third kappa shape index (κ3) is 3.13. The maximum Gasteiger partial charge on any atom is 0.471 e. The Labute approximate surface area is 91.1 Å². The normalized spacial score (nSPS) is 11.1. The summed E-state index contributed by atoms with van der Waals surface area (Å²) in [4.78, 5) is 23.7. The highest BCUT2D eigenvalue weighted by atomic mass is 19.4. The van der Waals surface area contributed by atoms with Crippen LogP contribution in [0, 0.1) is 5.95 Å². The highest BCUT2D eigenvalue weighted by Gasteiger charge is 2.39. The number of hydrogen-bond acceptors (Lipinski definition) is 3. The molecule has 1 rings (SSSR count). The van der Waals surface area contributed by atoms with Gasteiger partial charge in [-0.15, -0.1) is 0 Å². The number of carbonyl (C=O) groups is 2. The second-order valence-electron chi connectivity index (χ2n) is 2.79. The molecule has 1 aromatic heterocycles. The van der Waals surface area contributed by atoms with E-state index in [1.54, 1.807) is 0 Å². The molecule has 0 aliphatic rings. The van der Waals surface area contributed by atoms with Crippen molar-refractivity contribution in [3.05, 3.63) is 23.6 Å². The van der Waals surface area contributed by atoms with E-state index >= 15 is 0 Å². The number of rotatable bonds is 2. The van der Waals surface area contributed by atoms with E-state index < -0.39 is 35.4 Å². The molecule has 0 radical (unpaired) electrons. The lowest BCUT2D eigenvalue weighted by Gasteiger charge is -2.07. The highest BCUT2D eigenvalue weighted by Crippen LogP contribution is 2.18. The number of amides is 1. The number of aromatic nitrogens is 1. The molecule has 0 fully saturated rings. The van der Waals surface area contributed by atoms with Gasteiger partial charge in [0.1, 0.15) is 11.4 Å². The molecule has 5 nitrogen and oxygen atoms in total. The summed E-state index contributed by atoms with van der Waals surface area (Å²) in [5, 5.41) is 9.70. The second kappa shape index (κ2) is 4.36. The van der Waals surface area contributed by atoms with Gasteiger partial charge < -0.3 is 10.4 Å². The fourth-order valence-corrected chi connectivity index (χ4v) is 0.851. The van der Waals surface area contributed by atoms with Gasteiger partial charge in [0.15, 0.2) is 0 Å². The Kier molecular flexibility index (Phi) is 3.30. The fraction of sp³-hybridized carbons (Fsp3) is 0.125. The quantitative estimate of drug-likeness (QED) is 0.616. The van der Waals surface area contributed by atoms with E-state index in [4.69, 9.17) is 5.11 Å². The second-order valence-corrected chi connectivity index (χ2v) is 2.79. The Balaban J connectivity index is 2.92. The van der Waals surface area contributed by atoms with Gasteiger partial charge >= 0.3 is 18.1 Å². The monoisotopic (exact) mass is 252 g/mol. The van der Waals surface area contributed by atoms with E-state index in [1.807, 2.05) is 0 Å². The molecule has 9 heteroatoms. The zero-order chi connectivity index (χ0) is 13.2. The molecule has 17 heavy (non-hydrogen) atoms. The summed E-state index contributed by atoms with van der Waals surface area (Å²) < 4.78 is 48.4. The average molecular weight is 252 g/mol. The fourth-order valence-electron chi connectivity index (χ4n) is 0.851. The summed E-state index contributed by atoms with van der Waals surface area (Å²) in [6.07, 6.45) is -5.14. The van der Waals surface area contributed by atoms with Gasteiger partial charge in [-0.05, 0) is 12.1 Å². The number of hydrogen-bond donors (Lipinski definition) is 2. The van der Waals surface area contributed by atoms with Crippen LogP contribution in [-0.4, -0.2) is 28.1 Å². The third-order valence-electron chi connectivity index (χ3n) is 1.58. The van der Waals surface area contributed by atoms with Crippen molar-refractivity contribution in [2.45, 2.75) is 6.18 Å². The van der Waals surface area contributed by atoms with Crippen molar-refractivity contribution in [2.75, 3.05) is 5.32 Å². The number of pyridine rings is 1. The highest BCUT2D eigenvalue weighted by molar-refractivity contribution is 5.94. The number of carboxylic acid groups (broad SMARTS) is 1. The van der Waals surface area contributed by atoms with Crippen molar-refractivity contribution in [2.24, 2.45) is 0 Å². The van der Waals surface area contributed by atoms with E-state index in [9.17, 15) is 27.2 Å². The molecule has 0 aliphatic carbocycles. The van der Waals surface area contributed by atoms with Crippen LogP contribution in [0.25, 0.3) is 0 Å². The van der Waals surface area contributed by atoms with E-state index in [1.165, 1.54) is 5.32 Å². The van der Waals surface area contributed by atoms with Crippen LogP contribution in [0.15, 0.2) is 12.1 Å². The van der Waals surface area contributed by atoms with Crippen LogP contribution in [0.1, 0.15) is 10.4 Å². The van der Waals surface area contributed by atoms with Crippen molar-refractivity contribution >= 4 is 17.7 Å². The minimum Gasteiger partial charge on any atom is -0.478 e. The van der Waals surface area contributed by atoms with Crippen LogP contribution in [0.5, 0.6) is 0 Å². The molecule has 0 saturated carbocycles. The van der Waals surface area contributed by atoms with Gasteiger partial charge in [-0.2, -0.15) is 17.6 Å². The molecule has 1 heterocycles. The molecule has 0 atom stereocenters. The Morgan fingerprint density at radius 1 is 1.29 bits per heavy atom. The number of nitrogens with zero attached hydrogens (tertiary/aromatic N) is 1.